The Kier molecular flexibility index (Phi) is 24.6. The number of carbonyl (C=O) groups is 3. The fourth-order valence-corrected chi connectivity index (χ4v) is 18.9. The monoisotopic (exact) mass is 1570 g/mol. The van der Waals surface area contributed by atoms with Crippen molar-refractivity contribution in [1.29, 1.82) is 0 Å². The van der Waals surface area contributed by atoms with E-state index in [4.69, 9.17) is 31.9 Å². The SMILES string of the molecule is CCS(=O)(=O)c1ccc(CCC(=O)N2CC(c3cccc(Cl)c3)C(c3nc(C4CC4)cs3)C2)cc1.CCS(=O)(=O)c1ccc(CCC(=O)N2CC(c3ccccc3)C(c3nn(C(C)C)nc3C3CC3)C2)nc1.CCS(=O)(=O)c1cnc(CCC(=O)N2CC(c3ccccc3)C(c3cc(C4CC4)nn3C(C)C)C2)nc1. The number of halogens is 1. The van der Waals surface area contributed by atoms with Gasteiger partial charge in [0, 0.05) is 165 Å². The van der Waals surface area contributed by atoms with Gasteiger partial charge in [-0.05, 0) is 144 Å². The molecule has 0 radical (unpaired) electrons. The first-order valence-electron chi connectivity index (χ1n) is 38.6. The Bertz CT molecular complexity index is 4820. The molecule has 6 fully saturated rings. The summed E-state index contributed by atoms with van der Waals surface area (Å²) in [6, 6.07) is 41.7. The summed E-state index contributed by atoms with van der Waals surface area (Å²) in [7, 11) is -9.84. The zero-order valence-corrected chi connectivity index (χ0v) is 67.2. The molecular formula is C83H99ClN12O9S4. The number of rotatable bonds is 26. The summed E-state index contributed by atoms with van der Waals surface area (Å²) in [4.78, 5) is 66.0. The summed E-state index contributed by atoms with van der Waals surface area (Å²) in [5, 5.41) is 18.8. The minimum absolute atomic E-state index is 0.00472. The molecule has 3 saturated heterocycles. The van der Waals surface area contributed by atoms with E-state index in [-0.39, 0.29) is 98.8 Å². The van der Waals surface area contributed by atoms with Crippen LogP contribution in [0.5, 0.6) is 0 Å². The highest BCUT2D eigenvalue weighted by Crippen LogP contribution is 2.49. The number of carbonyl (C=O) groups excluding carboxylic acids is 3. The van der Waals surface area contributed by atoms with Crippen molar-refractivity contribution in [3.63, 3.8) is 0 Å². The summed E-state index contributed by atoms with van der Waals surface area (Å²) < 4.78 is 74.4. The van der Waals surface area contributed by atoms with E-state index in [1.165, 1.54) is 72.5 Å². The van der Waals surface area contributed by atoms with Gasteiger partial charge in [-0.3, -0.25) is 24.0 Å². The van der Waals surface area contributed by atoms with Crippen molar-refractivity contribution in [3.05, 3.63) is 224 Å². The number of aromatic nitrogens is 9. The molecule has 8 heterocycles. The van der Waals surface area contributed by atoms with Crippen LogP contribution in [0.3, 0.4) is 0 Å². The van der Waals surface area contributed by atoms with Gasteiger partial charge < -0.3 is 14.7 Å². The molecule has 26 heteroatoms. The molecular weight excluding hydrogens is 1470 g/mol. The Morgan fingerprint density at radius 1 is 0.468 bits per heavy atom. The number of benzene rings is 4. The van der Waals surface area contributed by atoms with Gasteiger partial charge in [0.2, 0.25) is 17.7 Å². The Labute approximate surface area is 650 Å². The average molecular weight is 1570 g/mol. The highest BCUT2D eigenvalue weighted by Gasteiger charge is 2.45. The summed E-state index contributed by atoms with van der Waals surface area (Å²) in [5.74, 6) is 3.49. The van der Waals surface area contributed by atoms with Crippen LogP contribution in [-0.4, -0.2) is 159 Å². The van der Waals surface area contributed by atoms with Crippen LogP contribution >= 0.6 is 22.9 Å². The molecule has 6 atom stereocenters. The van der Waals surface area contributed by atoms with Crippen LogP contribution < -0.4 is 0 Å². The third-order valence-electron chi connectivity index (χ3n) is 22.1. The van der Waals surface area contributed by atoms with Crippen LogP contribution in [0.15, 0.2) is 166 Å². The highest BCUT2D eigenvalue weighted by atomic mass is 35.5. The second-order valence-corrected chi connectivity index (χ2v) is 38.6. The average Bonchev–Trinajstić information content (AvgIpc) is 1.61. The zero-order chi connectivity index (χ0) is 76.9. The summed E-state index contributed by atoms with van der Waals surface area (Å²) in [5.41, 5.74) is 11.1. The fraction of sp³-hybridized carbons (Fsp3) is 0.470. The number of hydrogen-bond donors (Lipinski definition) is 0. The molecule has 3 aliphatic heterocycles. The van der Waals surface area contributed by atoms with Crippen LogP contribution in [-0.2, 0) is 63.2 Å². The third-order valence-corrected chi connectivity index (χ3v) is 28.5. The normalized spacial score (nSPS) is 20.1. The standard InChI is InChI=1S/2C28H35N5O3S.C27H29ClN2O3S2/c1-4-37(35,36)23-14-12-22(29-16-23)13-15-26(34)32-17-24(20-8-6-5-7-9-20)25(18-32)28-27(21-10-11-21)30-33(31-28)19(2)3;1-4-37(35,36)22-15-29-27(30-16-22)12-13-28(34)32-17-23(20-8-6-5-7-9-20)24(18-32)26-14-25(21-10-11-21)31-33(26)19(2)3;1-2-35(32,33)22-11-6-18(7-12-22)8-13-26(31)30-15-23(20-4-3-5-21(28)14-20)24(16-30)27-29-25(17-34-27)19-9-10-19/h5-9,12,14,16,19,21,24-25H,4,10-11,13,15,17-18H2,1-3H3;5-9,14-16,19,21,23-24H,4,10-13,17-18H2,1-3H3;3-7,11-12,14,17,19,23-24H,2,8-10,13,15-16H2,1H3. The van der Waals surface area contributed by atoms with Crippen molar-refractivity contribution in [3.8, 4) is 0 Å². The van der Waals surface area contributed by atoms with E-state index in [0.29, 0.717) is 105 Å². The van der Waals surface area contributed by atoms with Gasteiger partial charge in [-0.2, -0.15) is 20.1 Å². The molecule has 576 valence electrons. The van der Waals surface area contributed by atoms with Crippen LogP contribution in [0.25, 0.3) is 0 Å². The maximum absolute atomic E-state index is 13.4. The van der Waals surface area contributed by atoms with Gasteiger partial charge in [0.25, 0.3) is 0 Å². The second-order valence-electron chi connectivity index (χ2n) is 30.4. The number of hydrogen-bond acceptors (Lipinski definition) is 17. The number of nitrogens with zero attached hydrogens (tertiary/aromatic N) is 12. The molecule has 3 aliphatic carbocycles. The summed E-state index contributed by atoms with van der Waals surface area (Å²) in [6.45, 7) is 17.2. The minimum Gasteiger partial charge on any atom is -0.341 e. The van der Waals surface area contributed by atoms with Crippen molar-refractivity contribution >= 4 is 70.2 Å². The molecule has 0 bridgehead atoms. The number of aryl methyl sites for hydroxylation is 3. The van der Waals surface area contributed by atoms with Gasteiger partial charge in [0.05, 0.1) is 60.9 Å². The molecule has 6 aliphatic rings. The first-order valence-corrected chi connectivity index (χ1v) is 44.8. The molecule has 5 aromatic heterocycles. The van der Waals surface area contributed by atoms with Crippen LogP contribution in [0.4, 0.5) is 0 Å². The molecule has 6 unspecified atom stereocenters. The molecule has 0 N–H and O–H groups in total. The van der Waals surface area contributed by atoms with Crippen LogP contribution in [0, 0.1) is 0 Å². The molecule has 21 nitrogen and oxygen atoms in total. The number of thiazole rings is 1. The van der Waals surface area contributed by atoms with Crippen molar-refractivity contribution in [2.24, 2.45) is 0 Å². The lowest BCUT2D eigenvalue weighted by atomic mass is 9.85. The van der Waals surface area contributed by atoms with Gasteiger partial charge in [-0.25, -0.2) is 40.2 Å². The second kappa shape index (κ2) is 34.1. The van der Waals surface area contributed by atoms with Crippen LogP contribution in [0.2, 0.25) is 5.02 Å². The van der Waals surface area contributed by atoms with Gasteiger partial charge in [-0.15, -0.1) is 11.3 Å². The molecule has 4 aromatic carbocycles. The van der Waals surface area contributed by atoms with Crippen molar-refractivity contribution in [1.82, 2.24) is 59.4 Å². The van der Waals surface area contributed by atoms with E-state index >= 15 is 0 Å². The number of pyridine rings is 1. The Morgan fingerprint density at radius 2 is 0.954 bits per heavy atom. The lowest BCUT2D eigenvalue weighted by Gasteiger charge is -2.21. The first-order chi connectivity index (χ1) is 52.4. The minimum atomic E-state index is -3.34. The number of amides is 3. The quantitative estimate of drug-likeness (QED) is 0.0488. The summed E-state index contributed by atoms with van der Waals surface area (Å²) >= 11 is 8.02. The molecule has 3 saturated carbocycles. The Balaban J connectivity index is 0.000000144. The smallest absolute Gasteiger partial charge is 0.223 e. The van der Waals surface area contributed by atoms with E-state index in [1.807, 2.05) is 62.0 Å². The highest BCUT2D eigenvalue weighted by molar-refractivity contribution is 7.92. The van der Waals surface area contributed by atoms with Crippen molar-refractivity contribution in [2.45, 2.75) is 206 Å². The fourth-order valence-electron chi connectivity index (χ4n) is 15.1. The molecule has 109 heavy (non-hydrogen) atoms. The van der Waals surface area contributed by atoms with E-state index in [9.17, 15) is 39.6 Å². The molecule has 15 rings (SSSR count). The van der Waals surface area contributed by atoms with E-state index in [1.54, 1.807) is 56.4 Å². The van der Waals surface area contributed by atoms with Gasteiger partial charge in [0.1, 0.15) is 10.7 Å². The maximum atomic E-state index is 13.4. The van der Waals surface area contributed by atoms with Crippen LogP contribution in [0.1, 0.15) is 239 Å². The van der Waals surface area contributed by atoms with Gasteiger partial charge in [0.15, 0.2) is 29.5 Å². The predicted molar refractivity (Wildman–Crippen MR) is 422 cm³/mol. The number of sulfone groups is 3. The first kappa shape index (κ1) is 78.8. The van der Waals surface area contributed by atoms with Crippen molar-refractivity contribution in [2.75, 3.05) is 56.5 Å². The predicted octanol–water partition coefficient (Wildman–Crippen LogP) is 14.3. The maximum Gasteiger partial charge on any atom is 0.223 e. The lowest BCUT2D eigenvalue weighted by Crippen LogP contribution is -2.29. The largest absolute Gasteiger partial charge is 0.341 e. The van der Waals surface area contributed by atoms with E-state index < -0.39 is 29.5 Å². The van der Waals surface area contributed by atoms with Gasteiger partial charge >= 0.3 is 0 Å². The Morgan fingerprint density at radius 3 is 1.50 bits per heavy atom. The third kappa shape index (κ3) is 19.0. The molecule has 3 amide bonds. The zero-order valence-electron chi connectivity index (χ0n) is 63.2. The van der Waals surface area contributed by atoms with Gasteiger partial charge in [-0.1, -0.05) is 117 Å². The van der Waals surface area contributed by atoms with E-state index in [0.717, 1.165) is 46.1 Å². The summed E-state index contributed by atoms with van der Waals surface area (Å²) in [6.07, 6.45) is 13.7. The molecule has 9 aromatic rings. The van der Waals surface area contributed by atoms with E-state index in [2.05, 4.69) is 113 Å². The number of likely N-dealkylation sites (tertiary alicyclic amines) is 3. The van der Waals surface area contributed by atoms with Crippen molar-refractivity contribution < 1.29 is 39.6 Å². The Hall–Kier alpha value is -8.36. The lowest BCUT2D eigenvalue weighted by molar-refractivity contribution is -0.131. The topological polar surface area (TPSA) is 263 Å². The molecule has 0 spiro atoms.